The van der Waals surface area contributed by atoms with Crippen LogP contribution in [0, 0.1) is 0 Å². The number of hydrogen-bond acceptors (Lipinski definition) is 3. The number of hydrogen-bond donors (Lipinski definition) is 0. The normalized spacial score (nSPS) is 14.9. The molecule has 0 aliphatic heterocycles. The Kier molecular flexibility index (Phi) is 6.24. The van der Waals surface area contributed by atoms with Crippen LogP contribution in [-0.2, 0) is 17.7 Å². The third kappa shape index (κ3) is 4.93. The number of aryl methyl sites for hydroxylation is 2. The molecule has 0 aromatic heterocycles. The quantitative estimate of drug-likeness (QED) is 0.340. The molecule has 1 aliphatic rings. The second-order valence-electron chi connectivity index (χ2n) is 6.99. The van der Waals surface area contributed by atoms with Crippen LogP contribution in [0.15, 0.2) is 53.7 Å². The molecule has 0 spiro atoms. The molecule has 3 rings (SSSR count). The predicted octanol–water partition coefficient (Wildman–Crippen LogP) is 4.29. The van der Waals surface area contributed by atoms with E-state index in [1.165, 1.54) is 43.2 Å². The number of oxime groups is 1. The summed E-state index contributed by atoms with van der Waals surface area (Å²) >= 11 is 0. The average molecular weight is 336 g/mol. The van der Waals surface area contributed by atoms with Gasteiger partial charge in [0.2, 0.25) is 0 Å². The van der Waals surface area contributed by atoms with E-state index in [-0.39, 0.29) is 0 Å². The molecule has 2 aromatic carbocycles. The van der Waals surface area contributed by atoms with Gasteiger partial charge in [-0.25, -0.2) is 0 Å². The molecule has 0 atom stereocenters. The average Bonchev–Trinajstić information content (AvgIpc) is 2.87. The summed E-state index contributed by atoms with van der Waals surface area (Å²) in [6, 6.07) is 17.1. The maximum absolute atomic E-state index is 5.63. The number of nitrogens with zero attached hydrogens (tertiary/aromatic N) is 2. The van der Waals surface area contributed by atoms with E-state index in [0.29, 0.717) is 6.61 Å². The topological polar surface area (TPSA) is 24.8 Å². The highest BCUT2D eigenvalue weighted by Crippen LogP contribution is 2.23. The van der Waals surface area contributed by atoms with Gasteiger partial charge in [-0.2, -0.15) is 0 Å². The van der Waals surface area contributed by atoms with Crippen molar-refractivity contribution in [2.24, 2.45) is 5.16 Å². The fourth-order valence-electron chi connectivity index (χ4n) is 3.26. The van der Waals surface area contributed by atoms with Crippen molar-refractivity contribution in [1.29, 1.82) is 0 Å². The minimum absolute atomic E-state index is 0.592. The van der Waals surface area contributed by atoms with Gasteiger partial charge in [0, 0.05) is 17.7 Å². The zero-order valence-electron chi connectivity index (χ0n) is 15.4. The summed E-state index contributed by atoms with van der Waals surface area (Å²) in [6.07, 6.45) is 6.30. The molecule has 3 nitrogen and oxygen atoms in total. The van der Waals surface area contributed by atoms with E-state index < -0.39 is 0 Å². The highest BCUT2D eigenvalue weighted by atomic mass is 16.6. The van der Waals surface area contributed by atoms with Crippen LogP contribution in [0.2, 0.25) is 0 Å². The first-order chi connectivity index (χ1) is 12.2. The first kappa shape index (κ1) is 17.7. The van der Waals surface area contributed by atoms with E-state index in [9.17, 15) is 0 Å². The van der Waals surface area contributed by atoms with Gasteiger partial charge < -0.3 is 9.74 Å². The van der Waals surface area contributed by atoms with Gasteiger partial charge in [-0.1, -0.05) is 54.0 Å². The van der Waals surface area contributed by atoms with E-state index in [4.69, 9.17) is 4.84 Å². The highest BCUT2D eigenvalue weighted by molar-refractivity contribution is 6.12. The van der Waals surface area contributed by atoms with Crippen molar-refractivity contribution >= 4 is 5.71 Å². The Bertz CT molecular complexity index is 707. The van der Waals surface area contributed by atoms with Crippen LogP contribution in [0.3, 0.4) is 0 Å². The van der Waals surface area contributed by atoms with Gasteiger partial charge in [-0.15, -0.1) is 0 Å². The Balaban J connectivity index is 1.89. The lowest BCUT2D eigenvalue weighted by Crippen LogP contribution is -2.17. The molecule has 0 saturated carbocycles. The van der Waals surface area contributed by atoms with Crippen LogP contribution in [0.5, 0.6) is 0 Å². The molecule has 2 aromatic rings. The Labute approximate surface area is 151 Å². The summed E-state index contributed by atoms with van der Waals surface area (Å²) in [5, 5.41) is 4.50. The van der Waals surface area contributed by atoms with Crippen molar-refractivity contribution < 1.29 is 4.84 Å². The van der Waals surface area contributed by atoms with Crippen LogP contribution in [0.1, 0.15) is 41.5 Å². The minimum Gasteiger partial charge on any atom is -0.394 e. The van der Waals surface area contributed by atoms with Gasteiger partial charge >= 0.3 is 0 Å². The minimum atomic E-state index is 0.592. The van der Waals surface area contributed by atoms with Crippen LogP contribution in [0.4, 0.5) is 0 Å². The fraction of sp³-hybridized carbons (Fsp3) is 0.409. The van der Waals surface area contributed by atoms with Gasteiger partial charge in [0.15, 0.2) is 0 Å². The summed E-state index contributed by atoms with van der Waals surface area (Å²) in [5.41, 5.74) is 6.15. The molecule has 1 aliphatic carbocycles. The van der Waals surface area contributed by atoms with Crippen molar-refractivity contribution in [2.45, 2.75) is 32.1 Å². The number of benzene rings is 2. The molecule has 0 amide bonds. The molecule has 0 heterocycles. The van der Waals surface area contributed by atoms with E-state index in [1.54, 1.807) is 0 Å². The van der Waals surface area contributed by atoms with Gasteiger partial charge in [-0.05, 0) is 57.0 Å². The van der Waals surface area contributed by atoms with Gasteiger partial charge in [0.1, 0.15) is 12.3 Å². The first-order valence-electron chi connectivity index (χ1n) is 9.26. The zero-order chi connectivity index (χ0) is 17.5. The van der Waals surface area contributed by atoms with Crippen LogP contribution < -0.4 is 0 Å². The largest absolute Gasteiger partial charge is 0.394 e. The maximum Gasteiger partial charge on any atom is 0.129 e. The molecule has 0 bridgehead atoms. The number of fused-ring (bicyclic) bond motifs is 1. The van der Waals surface area contributed by atoms with Crippen molar-refractivity contribution in [3.63, 3.8) is 0 Å². The van der Waals surface area contributed by atoms with E-state index >= 15 is 0 Å². The third-order valence-corrected chi connectivity index (χ3v) is 4.70. The van der Waals surface area contributed by atoms with E-state index in [0.717, 1.165) is 23.4 Å². The van der Waals surface area contributed by atoms with Crippen LogP contribution in [0.25, 0.3) is 0 Å². The lowest BCUT2D eigenvalue weighted by atomic mass is 9.95. The van der Waals surface area contributed by atoms with Crippen LogP contribution in [-0.4, -0.2) is 37.9 Å². The van der Waals surface area contributed by atoms with E-state index in [1.807, 2.05) is 32.3 Å². The highest BCUT2D eigenvalue weighted by Gasteiger charge is 2.13. The lowest BCUT2D eigenvalue weighted by Gasteiger charge is -2.12. The predicted molar refractivity (Wildman–Crippen MR) is 104 cm³/mol. The standard InChI is InChI=1S/C22H28N2O/c1-24(2)15-16-25-23-22(19-10-6-4-7-11-19)21-14-13-18-9-5-3-8-12-20(18)17-21/h4,6-7,10-11,13-14,17H,3,5,8-9,12,15-16H2,1-2H3/b23-22-. The Morgan fingerprint density at radius 1 is 0.920 bits per heavy atom. The van der Waals surface area contributed by atoms with Gasteiger partial charge in [0.05, 0.1) is 0 Å². The molecule has 3 heteroatoms. The summed E-state index contributed by atoms with van der Waals surface area (Å²) in [5.74, 6) is 0. The molecule has 132 valence electrons. The second-order valence-corrected chi connectivity index (χ2v) is 6.99. The fourth-order valence-corrected chi connectivity index (χ4v) is 3.26. The monoisotopic (exact) mass is 336 g/mol. The lowest BCUT2D eigenvalue weighted by molar-refractivity contribution is 0.126. The summed E-state index contributed by atoms with van der Waals surface area (Å²) in [4.78, 5) is 7.73. The summed E-state index contributed by atoms with van der Waals surface area (Å²) in [7, 11) is 4.08. The second kappa shape index (κ2) is 8.82. The number of likely N-dealkylation sites (N-methyl/N-ethyl adjacent to an activating group) is 1. The molecule has 0 radical (unpaired) electrons. The molecular formula is C22H28N2O. The summed E-state index contributed by atoms with van der Waals surface area (Å²) in [6.45, 7) is 1.45. The number of rotatable bonds is 6. The van der Waals surface area contributed by atoms with Crippen molar-refractivity contribution in [3.05, 3.63) is 70.8 Å². The van der Waals surface area contributed by atoms with E-state index in [2.05, 4.69) is 40.4 Å². The van der Waals surface area contributed by atoms with Crippen molar-refractivity contribution in [3.8, 4) is 0 Å². The van der Waals surface area contributed by atoms with Crippen molar-refractivity contribution in [2.75, 3.05) is 27.2 Å². The Hall–Kier alpha value is -2.13. The SMILES string of the molecule is CN(C)CCO/N=C(/c1ccccc1)c1ccc2c(c1)CCCCC2. The van der Waals surface area contributed by atoms with Crippen molar-refractivity contribution in [1.82, 2.24) is 4.90 Å². The van der Waals surface area contributed by atoms with Gasteiger partial charge in [0.25, 0.3) is 0 Å². The zero-order valence-corrected chi connectivity index (χ0v) is 15.4. The molecule has 0 fully saturated rings. The third-order valence-electron chi connectivity index (χ3n) is 4.70. The summed E-state index contributed by atoms with van der Waals surface area (Å²) < 4.78 is 0. The van der Waals surface area contributed by atoms with Gasteiger partial charge in [-0.3, -0.25) is 0 Å². The maximum atomic E-state index is 5.63. The molecular weight excluding hydrogens is 308 g/mol. The Morgan fingerprint density at radius 2 is 1.68 bits per heavy atom. The van der Waals surface area contributed by atoms with Crippen LogP contribution >= 0.6 is 0 Å². The molecule has 0 unspecified atom stereocenters. The Morgan fingerprint density at radius 3 is 2.44 bits per heavy atom. The molecule has 0 N–H and O–H groups in total. The molecule has 25 heavy (non-hydrogen) atoms. The first-order valence-corrected chi connectivity index (χ1v) is 9.26. The smallest absolute Gasteiger partial charge is 0.129 e. The molecule has 0 saturated heterocycles.